The Morgan fingerprint density at radius 1 is 1.48 bits per heavy atom. The van der Waals surface area contributed by atoms with Crippen LogP contribution in [0.5, 0.6) is 0 Å². The van der Waals surface area contributed by atoms with Gasteiger partial charge in [-0.1, -0.05) is 5.16 Å². The van der Waals surface area contributed by atoms with E-state index in [0.29, 0.717) is 36.5 Å². The Balaban J connectivity index is 1.73. The first-order valence-electron chi connectivity index (χ1n) is 7.32. The van der Waals surface area contributed by atoms with Gasteiger partial charge in [0.15, 0.2) is 0 Å². The van der Waals surface area contributed by atoms with Crippen LogP contribution in [0.2, 0.25) is 0 Å². The van der Waals surface area contributed by atoms with E-state index in [4.69, 9.17) is 4.52 Å². The van der Waals surface area contributed by atoms with Crippen molar-refractivity contribution in [3.05, 3.63) is 18.0 Å². The average molecular weight is 338 g/mol. The summed E-state index contributed by atoms with van der Waals surface area (Å²) in [5.74, 6) is -0.564. The molecule has 2 aromatic rings. The van der Waals surface area contributed by atoms with Gasteiger partial charge >= 0.3 is 0 Å². The summed E-state index contributed by atoms with van der Waals surface area (Å²) in [6, 6.07) is 1.75. The molecule has 0 radical (unpaired) electrons. The first-order chi connectivity index (χ1) is 10.8. The average Bonchev–Trinajstić information content (AvgIpc) is 2.88. The van der Waals surface area contributed by atoms with Crippen molar-refractivity contribution in [1.82, 2.24) is 14.4 Å². The van der Waals surface area contributed by atoms with Gasteiger partial charge in [0.25, 0.3) is 5.71 Å². The molecule has 1 saturated heterocycles. The summed E-state index contributed by atoms with van der Waals surface area (Å²) in [6.07, 6.45) is 4.01. The van der Waals surface area contributed by atoms with Crippen LogP contribution in [0, 0.1) is 12.8 Å². The number of piperidine rings is 1. The van der Waals surface area contributed by atoms with Crippen molar-refractivity contribution in [2.24, 2.45) is 5.92 Å². The van der Waals surface area contributed by atoms with Crippen LogP contribution >= 0.6 is 0 Å². The molecule has 0 aromatic carbocycles. The minimum atomic E-state index is -3.27. The van der Waals surface area contributed by atoms with Crippen LogP contribution in [0.3, 0.4) is 0 Å². The van der Waals surface area contributed by atoms with E-state index in [0.717, 1.165) is 5.39 Å². The van der Waals surface area contributed by atoms with Crippen molar-refractivity contribution in [1.29, 1.82) is 0 Å². The predicted octanol–water partition coefficient (Wildman–Crippen LogP) is 1.14. The van der Waals surface area contributed by atoms with Gasteiger partial charge in [-0.3, -0.25) is 4.79 Å². The molecule has 3 heterocycles. The maximum atomic E-state index is 12.4. The van der Waals surface area contributed by atoms with E-state index in [9.17, 15) is 13.2 Å². The second-order valence-electron chi connectivity index (χ2n) is 5.79. The Labute approximate surface area is 133 Å². The number of rotatable bonds is 3. The van der Waals surface area contributed by atoms with Gasteiger partial charge in [-0.05, 0) is 25.8 Å². The predicted molar refractivity (Wildman–Crippen MR) is 84.3 cm³/mol. The number of carbonyl (C=O) groups excluding carboxylic acids is 1. The molecule has 124 valence electrons. The summed E-state index contributed by atoms with van der Waals surface area (Å²) in [6.45, 7) is 2.48. The molecule has 0 spiro atoms. The fraction of sp³-hybridized carbons (Fsp3) is 0.500. The number of carbonyl (C=O) groups is 1. The number of nitrogens with one attached hydrogen (secondary N) is 1. The normalized spacial score (nSPS) is 19.8. The summed E-state index contributed by atoms with van der Waals surface area (Å²) in [5, 5.41) is 7.36. The molecule has 0 bridgehead atoms. The number of aryl methyl sites for hydroxylation is 1. The van der Waals surface area contributed by atoms with E-state index < -0.39 is 10.0 Å². The number of anilines is 1. The molecule has 1 atom stereocenters. The molecule has 2 aromatic heterocycles. The molecular formula is C14H18N4O4S. The van der Waals surface area contributed by atoms with E-state index in [-0.39, 0.29) is 18.4 Å². The summed E-state index contributed by atoms with van der Waals surface area (Å²) in [5.41, 5.74) is 1.66. The Kier molecular flexibility index (Phi) is 4.07. The number of fused-ring (bicyclic) bond motifs is 1. The largest absolute Gasteiger partial charge is 0.336 e. The van der Waals surface area contributed by atoms with Crippen molar-refractivity contribution >= 4 is 32.7 Å². The van der Waals surface area contributed by atoms with Gasteiger partial charge in [0, 0.05) is 13.1 Å². The van der Waals surface area contributed by atoms with Gasteiger partial charge in [0.1, 0.15) is 0 Å². The first kappa shape index (κ1) is 15.9. The highest BCUT2D eigenvalue weighted by Gasteiger charge is 2.30. The van der Waals surface area contributed by atoms with E-state index in [1.54, 1.807) is 13.0 Å². The monoisotopic (exact) mass is 338 g/mol. The van der Waals surface area contributed by atoms with Gasteiger partial charge < -0.3 is 9.84 Å². The van der Waals surface area contributed by atoms with Crippen LogP contribution in [0.15, 0.2) is 16.8 Å². The highest BCUT2D eigenvalue weighted by atomic mass is 32.2. The van der Waals surface area contributed by atoms with Crippen molar-refractivity contribution in [2.45, 2.75) is 19.8 Å². The molecule has 1 amide bonds. The van der Waals surface area contributed by atoms with Crippen LogP contribution in [-0.2, 0) is 14.8 Å². The fourth-order valence-corrected chi connectivity index (χ4v) is 3.63. The number of hydrogen-bond donors (Lipinski definition) is 1. The van der Waals surface area contributed by atoms with E-state index in [2.05, 4.69) is 15.5 Å². The Morgan fingerprint density at radius 2 is 2.26 bits per heavy atom. The Hall–Kier alpha value is -2.00. The Morgan fingerprint density at radius 3 is 3.00 bits per heavy atom. The molecule has 8 nitrogen and oxygen atoms in total. The maximum Gasteiger partial charge on any atom is 0.258 e. The molecule has 1 N–H and O–H groups in total. The summed E-state index contributed by atoms with van der Waals surface area (Å²) in [4.78, 5) is 16.5. The molecule has 0 aliphatic carbocycles. The lowest BCUT2D eigenvalue weighted by molar-refractivity contribution is -0.120. The second-order valence-corrected chi connectivity index (χ2v) is 7.78. The van der Waals surface area contributed by atoms with Crippen molar-refractivity contribution < 1.29 is 17.7 Å². The number of pyridine rings is 1. The zero-order valence-corrected chi connectivity index (χ0v) is 13.8. The number of aromatic nitrogens is 2. The molecule has 3 rings (SSSR count). The lowest BCUT2D eigenvalue weighted by Gasteiger charge is -2.30. The molecule has 9 heteroatoms. The summed E-state index contributed by atoms with van der Waals surface area (Å²) in [7, 11) is -3.27. The minimum Gasteiger partial charge on any atom is -0.336 e. The number of sulfonamides is 1. The van der Waals surface area contributed by atoms with E-state index in [1.807, 2.05) is 0 Å². The van der Waals surface area contributed by atoms with Crippen LogP contribution in [-0.4, -0.2) is 48.1 Å². The lowest BCUT2D eigenvalue weighted by atomic mass is 9.99. The quantitative estimate of drug-likeness (QED) is 0.900. The van der Waals surface area contributed by atoms with Crippen LogP contribution in [0.25, 0.3) is 11.1 Å². The smallest absolute Gasteiger partial charge is 0.258 e. The fourth-order valence-electron chi connectivity index (χ4n) is 2.72. The van der Waals surface area contributed by atoms with Crippen LogP contribution < -0.4 is 5.32 Å². The third-order valence-electron chi connectivity index (χ3n) is 4.00. The zero-order valence-electron chi connectivity index (χ0n) is 12.9. The Bertz CT molecular complexity index is 846. The van der Waals surface area contributed by atoms with E-state index in [1.165, 1.54) is 16.8 Å². The zero-order chi connectivity index (χ0) is 16.6. The highest BCUT2D eigenvalue weighted by molar-refractivity contribution is 7.88. The van der Waals surface area contributed by atoms with Crippen molar-refractivity contribution in [3.63, 3.8) is 0 Å². The molecule has 0 saturated carbocycles. The number of nitrogens with zero attached hydrogens (tertiary/aromatic N) is 3. The van der Waals surface area contributed by atoms with Crippen LogP contribution in [0.1, 0.15) is 18.5 Å². The minimum absolute atomic E-state index is 0.200. The summed E-state index contributed by atoms with van der Waals surface area (Å²) < 4.78 is 29.7. The van der Waals surface area contributed by atoms with Gasteiger partial charge in [-0.2, -0.15) is 0 Å². The van der Waals surface area contributed by atoms with Gasteiger partial charge in [0.2, 0.25) is 15.9 Å². The van der Waals surface area contributed by atoms with Crippen LogP contribution in [0.4, 0.5) is 5.69 Å². The molecule has 23 heavy (non-hydrogen) atoms. The topological polar surface area (TPSA) is 105 Å². The number of hydrogen-bond acceptors (Lipinski definition) is 6. The van der Waals surface area contributed by atoms with Gasteiger partial charge in [-0.25, -0.2) is 17.7 Å². The standard InChI is InChI=1S/C14H18N4O4S/c1-9-12-6-11(7-15-14(12)22-17-9)16-13(19)10-4-3-5-18(8-10)23(2,20)21/h6-7,10H,3-5,8H2,1-2H3,(H,16,19)/t10-/m1/s1. The molecule has 1 aliphatic heterocycles. The van der Waals surface area contributed by atoms with Crippen molar-refractivity contribution in [2.75, 3.05) is 24.7 Å². The molecule has 0 unspecified atom stereocenters. The second kappa shape index (κ2) is 5.89. The van der Waals surface area contributed by atoms with Crippen molar-refractivity contribution in [3.8, 4) is 0 Å². The third kappa shape index (κ3) is 3.35. The molecule has 1 fully saturated rings. The SMILES string of the molecule is Cc1noc2ncc(NC(=O)[C@@H]3CCCN(S(C)(=O)=O)C3)cc12. The summed E-state index contributed by atoms with van der Waals surface area (Å²) >= 11 is 0. The molecular weight excluding hydrogens is 320 g/mol. The lowest BCUT2D eigenvalue weighted by Crippen LogP contribution is -2.43. The third-order valence-corrected chi connectivity index (χ3v) is 5.27. The van der Waals surface area contributed by atoms with Gasteiger partial charge in [0.05, 0.1) is 35.1 Å². The van der Waals surface area contributed by atoms with E-state index >= 15 is 0 Å². The maximum absolute atomic E-state index is 12.4. The molecule has 1 aliphatic rings. The first-order valence-corrected chi connectivity index (χ1v) is 9.17. The number of amides is 1. The highest BCUT2D eigenvalue weighted by Crippen LogP contribution is 2.23. The van der Waals surface area contributed by atoms with Gasteiger partial charge in [-0.15, -0.1) is 0 Å².